The number of hydrazone groups is 1. The Morgan fingerprint density at radius 3 is 2.76 bits per heavy atom. The zero-order valence-corrected chi connectivity index (χ0v) is 9.52. The molecule has 0 radical (unpaired) electrons. The smallest absolute Gasteiger partial charge is 0.335 e. The van der Waals surface area contributed by atoms with Crippen LogP contribution in [-0.2, 0) is 0 Å². The van der Waals surface area contributed by atoms with E-state index in [0.717, 1.165) is 5.56 Å². The number of aromatic carboxylic acids is 1. The van der Waals surface area contributed by atoms with Crippen molar-refractivity contribution < 1.29 is 9.90 Å². The average molecular weight is 247 g/mol. The highest BCUT2D eigenvalue weighted by Crippen LogP contribution is 2.09. The minimum absolute atomic E-state index is 0.259. The second kappa shape index (κ2) is 5.22. The van der Waals surface area contributed by atoms with Gasteiger partial charge >= 0.3 is 5.97 Å². The Morgan fingerprint density at radius 2 is 2.18 bits per heavy atom. The number of aromatic nitrogens is 1. The number of rotatable bonds is 4. The first-order valence-electron chi connectivity index (χ1n) is 4.77. The third-order valence-corrected chi connectivity index (χ3v) is 2.64. The van der Waals surface area contributed by atoms with Crippen molar-refractivity contribution in [1.82, 2.24) is 4.98 Å². The molecule has 6 heteroatoms. The molecule has 1 aromatic heterocycles. The molecule has 0 aliphatic rings. The molecule has 0 bridgehead atoms. The van der Waals surface area contributed by atoms with Gasteiger partial charge in [0, 0.05) is 11.6 Å². The summed E-state index contributed by atoms with van der Waals surface area (Å²) >= 11 is 1.45. The lowest BCUT2D eigenvalue weighted by Gasteiger charge is -1.96. The number of carbonyl (C=O) groups is 1. The molecule has 0 amide bonds. The lowest BCUT2D eigenvalue weighted by molar-refractivity contribution is 0.0697. The molecule has 5 nitrogen and oxygen atoms in total. The fourth-order valence-electron chi connectivity index (χ4n) is 1.15. The van der Waals surface area contributed by atoms with Crippen LogP contribution in [0.4, 0.5) is 5.13 Å². The molecule has 17 heavy (non-hydrogen) atoms. The number of carboxylic acid groups (broad SMARTS) is 1. The molecule has 86 valence electrons. The maximum Gasteiger partial charge on any atom is 0.335 e. The van der Waals surface area contributed by atoms with E-state index in [0.29, 0.717) is 5.13 Å². The molecule has 2 rings (SSSR count). The summed E-state index contributed by atoms with van der Waals surface area (Å²) < 4.78 is 0. The number of hydrogen-bond donors (Lipinski definition) is 2. The first kappa shape index (κ1) is 11.3. The normalized spacial score (nSPS) is 10.6. The van der Waals surface area contributed by atoms with Crippen LogP contribution in [0, 0.1) is 0 Å². The van der Waals surface area contributed by atoms with Crippen molar-refractivity contribution in [2.45, 2.75) is 0 Å². The second-order valence-corrected chi connectivity index (χ2v) is 4.03. The fraction of sp³-hybridized carbons (Fsp3) is 0. The summed E-state index contributed by atoms with van der Waals surface area (Å²) in [5.74, 6) is -0.936. The Morgan fingerprint density at radius 1 is 1.41 bits per heavy atom. The predicted octanol–water partition coefficient (Wildman–Crippen LogP) is 2.29. The van der Waals surface area contributed by atoms with Gasteiger partial charge in [-0.15, -0.1) is 11.3 Å². The summed E-state index contributed by atoms with van der Waals surface area (Å²) in [5.41, 5.74) is 3.85. The van der Waals surface area contributed by atoms with Crippen LogP contribution in [0.1, 0.15) is 15.9 Å². The number of nitrogens with zero attached hydrogens (tertiary/aromatic N) is 2. The molecule has 2 aromatic rings. The monoisotopic (exact) mass is 247 g/mol. The van der Waals surface area contributed by atoms with Crippen molar-refractivity contribution in [2.24, 2.45) is 5.10 Å². The van der Waals surface area contributed by atoms with E-state index in [1.807, 2.05) is 5.38 Å². The number of thiazole rings is 1. The minimum atomic E-state index is -0.936. The number of carboxylic acids is 1. The van der Waals surface area contributed by atoms with Gasteiger partial charge in [0.1, 0.15) is 0 Å². The second-order valence-electron chi connectivity index (χ2n) is 3.13. The molecule has 0 saturated heterocycles. The summed E-state index contributed by atoms with van der Waals surface area (Å²) in [6.07, 6.45) is 3.29. The van der Waals surface area contributed by atoms with Crippen LogP contribution in [-0.4, -0.2) is 22.3 Å². The van der Waals surface area contributed by atoms with Gasteiger partial charge in [-0.05, 0) is 17.7 Å². The largest absolute Gasteiger partial charge is 0.478 e. The first-order valence-corrected chi connectivity index (χ1v) is 5.65. The van der Waals surface area contributed by atoms with Crippen molar-refractivity contribution in [2.75, 3.05) is 5.43 Å². The van der Waals surface area contributed by atoms with Gasteiger partial charge in [-0.1, -0.05) is 12.1 Å². The highest BCUT2D eigenvalue weighted by atomic mass is 32.1. The van der Waals surface area contributed by atoms with Crippen LogP contribution in [0.15, 0.2) is 40.9 Å². The molecule has 0 spiro atoms. The minimum Gasteiger partial charge on any atom is -0.478 e. The summed E-state index contributed by atoms with van der Waals surface area (Å²) in [7, 11) is 0. The Hall–Kier alpha value is -2.21. The molecule has 2 N–H and O–H groups in total. The van der Waals surface area contributed by atoms with Crippen molar-refractivity contribution in [3.8, 4) is 0 Å². The fourth-order valence-corrected chi connectivity index (χ4v) is 1.63. The van der Waals surface area contributed by atoms with Gasteiger partial charge in [-0.25, -0.2) is 9.78 Å². The summed E-state index contributed by atoms with van der Waals surface area (Å²) in [6.45, 7) is 0. The van der Waals surface area contributed by atoms with Crippen molar-refractivity contribution in [3.63, 3.8) is 0 Å². The van der Waals surface area contributed by atoms with E-state index < -0.39 is 5.97 Å². The molecule has 0 fully saturated rings. The SMILES string of the molecule is O=C(O)c1ccc(/C=N/Nc2nccs2)cc1. The van der Waals surface area contributed by atoms with E-state index in [-0.39, 0.29) is 5.56 Å². The van der Waals surface area contributed by atoms with Crippen LogP contribution < -0.4 is 5.43 Å². The summed E-state index contributed by atoms with van der Waals surface area (Å²) in [4.78, 5) is 14.6. The Bertz CT molecular complexity index is 520. The zero-order valence-electron chi connectivity index (χ0n) is 8.70. The highest BCUT2D eigenvalue weighted by Gasteiger charge is 2.00. The van der Waals surface area contributed by atoms with Crippen LogP contribution in [0.2, 0.25) is 0 Å². The lowest BCUT2D eigenvalue weighted by Crippen LogP contribution is -1.96. The van der Waals surface area contributed by atoms with Gasteiger partial charge in [0.05, 0.1) is 11.8 Å². The molecular weight excluding hydrogens is 238 g/mol. The molecule has 0 atom stereocenters. The molecule has 0 aliphatic carbocycles. The predicted molar refractivity (Wildman–Crippen MR) is 66.7 cm³/mol. The quantitative estimate of drug-likeness (QED) is 0.642. The molecular formula is C11H9N3O2S. The van der Waals surface area contributed by atoms with E-state index in [2.05, 4.69) is 15.5 Å². The maximum absolute atomic E-state index is 10.6. The van der Waals surface area contributed by atoms with Crippen molar-refractivity contribution >= 4 is 28.7 Å². The Kier molecular flexibility index (Phi) is 3.46. The van der Waals surface area contributed by atoms with E-state index in [1.54, 1.807) is 24.5 Å². The van der Waals surface area contributed by atoms with Crippen LogP contribution >= 0.6 is 11.3 Å². The number of hydrogen-bond acceptors (Lipinski definition) is 5. The molecule has 1 heterocycles. The maximum atomic E-state index is 10.6. The third-order valence-electron chi connectivity index (χ3n) is 1.96. The lowest BCUT2D eigenvalue weighted by atomic mass is 10.1. The topological polar surface area (TPSA) is 74.6 Å². The Labute approximate surface area is 101 Å². The van der Waals surface area contributed by atoms with Crippen LogP contribution in [0.25, 0.3) is 0 Å². The molecule has 1 aromatic carbocycles. The zero-order chi connectivity index (χ0) is 12.1. The van der Waals surface area contributed by atoms with Gasteiger partial charge < -0.3 is 5.11 Å². The van der Waals surface area contributed by atoms with E-state index in [1.165, 1.54) is 23.5 Å². The van der Waals surface area contributed by atoms with Crippen molar-refractivity contribution in [1.29, 1.82) is 0 Å². The average Bonchev–Trinajstić information content (AvgIpc) is 2.83. The molecule has 0 saturated carbocycles. The van der Waals surface area contributed by atoms with E-state index >= 15 is 0 Å². The summed E-state index contributed by atoms with van der Waals surface area (Å²) in [5, 5.41) is 15.3. The van der Waals surface area contributed by atoms with E-state index in [9.17, 15) is 4.79 Å². The highest BCUT2D eigenvalue weighted by molar-refractivity contribution is 7.13. The number of nitrogens with one attached hydrogen (secondary N) is 1. The first-order chi connectivity index (χ1) is 8.25. The molecule has 0 unspecified atom stereocenters. The van der Waals surface area contributed by atoms with Gasteiger partial charge in [-0.3, -0.25) is 5.43 Å². The van der Waals surface area contributed by atoms with Crippen LogP contribution in [0.5, 0.6) is 0 Å². The summed E-state index contributed by atoms with van der Waals surface area (Å²) in [6, 6.07) is 6.45. The number of anilines is 1. The standard InChI is InChI=1S/C11H9N3O2S/c15-10(16)9-3-1-8(2-4-9)7-13-14-11-12-5-6-17-11/h1-7H,(H,12,14)(H,15,16)/b13-7+. The molecule has 0 aliphatic heterocycles. The van der Waals surface area contributed by atoms with Gasteiger partial charge in [0.15, 0.2) is 0 Å². The van der Waals surface area contributed by atoms with Crippen molar-refractivity contribution in [3.05, 3.63) is 47.0 Å². The van der Waals surface area contributed by atoms with Gasteiger partial charge in [-0.2, -0.15) is 5.10 Å². The van der Waals surface area contributed by atoms with Crippen LogP contribution in [0.3, 0.4) is 0 Å². The number of benzene rings is 1. The third kappa shape index (κ3) is 3.12. The van der Waals surface area contributed by atoms with E-state index in [4.69, 9.17) is 5.11 Å². The Balaban J connectivity index is 1.99. The van der Waals surface area contributed by atoms with Gasteiger partial charge in [0.2, 0.25) is 5.13 Å². The van der Waals surface area contributed by atoms with Gasteiger partial charge in [0.25, 0.3) is 0 Å².